The second-order valence-corrected chi connectivity index (χ2v) is 11.7. The highest BCUT2D eigenvalue weighted by Crippen LogP contribution is 2.56. The molecule has 7 rings (SSSR count). The molecule has 4 aromatic carbocycles. The van der Waals surface area contributed by atoms with Crippen molar-refractivity contribution >= 4 is 0 Å². The van der Waals surface area contributed by atoms with E-state index in [9.17, 15) is 0 Å². The standard InChI is InChI=1S/C36H36/c1-24-7-17-32-33-18-8-25(2)21-35(33)36(34(32)20-24,31-16-15-28-12-14-30(28)23-31)19-5-3-4-6-26-9-10-27-11-13-29(27)22-26/h7-10,15-18,20-23H,3-6,11-14,19H2,1-2H3. The van der Waals surface area contributed by atoms with Crippen LogP contribution in [0, 0.1) is 13.8 Å². The van der Waals surface area contributed by atoms with E-state index in [1.165, 1.54) is 102 Å². The van der Waals surface area contributed by atoms with Crippen LogP contribution in [0.25, 0.3) is 11.1 Å². The van der Waals surface area contributed by atoms with Gasteiger partial charge in [0.25, 0.3) is 0 Å². The largest absolute Gasteiger partial charge is 0.0588 e. The third-order valence-corrected chi connectivity index (χ3v) is 9.37. The van der Waals surface area contributed by atoms with Crippen molar-refractivity contribution in [2.45, 2.75) is 77.0 Å². The Kier molecular flexibility index (Phi) is 5.21. The Bertz CT molecular complexity index is 1430. The van der Waals surface area contributed by atoms with E-state index in [1.54, 1.807) is 22.3 Å². The highest BCUT2D eigenvalue weighted by atomic mass is 14.5. The summed E-state index contributed by atoms with van der Waals surface area (Å²) in [6, 6.07) is 29.0. The fourth-order valence-electron chi connectivity index (χ4n) is 7.12. The molecule has 180 valence electrons. The van der Waals surface area contributed by atoms with Gasteiger partial charge >= 0.3 is 0 Å². The lowest BCUT2D eigenvalue weighted by Gasteiger charge is -2.35. The van der Waals surface area contributed by atoms with Gasteiger partial charge in [0.2, 0.25) is 0 Å². The Morgan fingerprint density at radius 1 is 0.556 bits per heavy atom. The lowest BCUT2D eigenvalue weighted by Crippen LogP contribution is -2.28. The van der Waals surface area contributed by atoms with Crippen molar-refractivity contribution in [2.24, 2.45) is 0 Å². The summed E-state index contributed by atoms with van der Waals surface area (Å²) in [6.07, 6.45) is 11.3. The van der Waals surface area contributed by atoms with Gasteiger partial charge < -0.3 is 0 Å². The first-order valence-electron chi connectivity index (χ1n) is 14.1. The van der Waals surface area contributed by atoms with Gasteiger partial charge in [-0.25, -0.2) is 0 Å². The highest BCUT2D eigenvalue weighted by molar-refractivity contribution is 5.84. The van der Waals surface area contributed by atoms with Gasteiger partial charge in [0, 0.05) is 5.41 Å². The predicted octanol–water partition coefficient (Wildman–Crippen LogP) is 8.62. The highest BCUT2D eigenvalue weighted by Gasteiger charge is 2.44. The van der Waals surface area contributed by atoms with Crippen LogP contribution in [0.1, 0.15) is 81.3 Å². The zero-order valence-corrected chi connectivity index (χ0v) is 21.8. The van der Waals surface area contributed by atoms with E-state index >= 15 is 0 Å². The second-order valence-electron chi connectivity index (χ2n) is 11.7. The van der Waals surface area contributed by atoms with Gasteiger partial charge in [-0.1, -0.05) is 96.8 Å². The van der Waals surface area contributed by atoms with Crippen LogP contribution >= 0.6 is 0 Å². The normalized spacial score (nSPS) is 15.8. The van der Waals surface area contributed by atoms with E-state index in [4.69, 9.17) is 0 Å². The molecule has 36 heavy (non-hydrogen) atoms. The third kappa shape index (κ3) is 3.41. The molecule has 0 fully saturated rings. The zero-order valence-electron chi connectivity index (χ0n) is 21.8. The minimum Gasteiger partial charge on any atom is -0.0588 e. The summed E-state index contributed by atoms with van der Waals surface area (Å²) in [5.41, 5.74) is 18.0. The average molecular weight is 469 g/mol. The van der Waals surface area contributed by atoms with Gasteiger partial charge in [-0.2, -0.15) is 0 Å². The number of hydrogen-bond donors (Lipinski definition) is 0. The van der Waals surface area contributed by atoms with Crippen LogP contribution in [0.4, 0.5) is 0 Å². The van der Waals surface area contributed by atoms with E-state index in [0.29, 0.717) is 0 Å². The number of aryl methyl sites for hydroxylation is 7. The van der Waals surface area contributed by atoms with Crippen molar-refractivity contribution in [3.63, 3.8) is 0 Å². The molecule has 0 radical (unpaired) electrons. The van der Waals surface area contributed by atoms with Crippen LogP contribution in [0.3, 0.4) is 0 Å². The Morgan fingerprint density at radius 2 is 1.17 bits per heavy atom. The molecular formula is C36H36. The third-order valence-electron chi connectivity index (χ3n) is 9.37. The summed E-state index contributed by atoms with van der Waals surface area (Å²) in [5, 5.41) is 0. The lowest BCUT2D eigenvalue weighted by atomic mass is 9.67. The number of unbranched alkanes of at least 4 members (excludes halogenated alkanes) is 2. The second kappa shape index (κ2) is 8.48. The summed E-state index contributed by atoms with van der Waals surface area (Å²) < 4.78 is 0. The summed E-state index contributed by atoms with van der Waals surface area (Å²) >= 11 is 0. The topological polar surface area (TPSA) is 0 Å². The van der Waals surface area contributed by atoms with E-state index < -0.39 is 0 Å². The van der Waals surface area contributed by atoms with Gasteiger partial charge in [-0.05, 0) is 114 Å². The summed E-state index contributed by atoms with van der Waals surface area (Å²) in [6.45, 7) is 4.51. The molecule has 0 nitrogen and oxygen atoms in total. The molecule has 0 bridgehead atoms. The minimum atomic E-state index is -0.0387. The maximum atomic E-state index is 2.56. The van der Waals surface area contributed by atoms with Crippen LogP contribution < -0.4 is 0 Å². The fourth-order valence-corrected chi connectivity index (χ4v) is 7.12. The van der Waals surface area contributed by atoms with E-state index in [-0.39, 0.29) is 5.41 Å². The quantitative estimate of drug-likeness (QED) is 0.238. The Labute approximate surface area is 216 Å². The number of rotatable bonds is 7. The molecule has 0 amide bonds. The summed E-state index contributed by atoms with van der Waals surface area (Å²) in [4.78, 5) is 0. The average Bonchev–Trinajstić information content (AvgIpc) is 3.10. The molecule has 0 aliphatic heterocycles. The number of fused-ring (bicyclic) bond motifs is 5. The van der Waals surface area contributed by atoms with Crippen molar-refractivity contribution in [3.8, 4) is 11.1 Å². The van der Waals surface area contributed by atoms with E-state index in [0.717, 1.165) is 0 Å². The van der Waals surface area contributed by atoms with E-state index in [2.05, 4.69) is 86.6 Å². The van der Waals surface area contributed by atoms with Crippen LogP contribution in [0.2, 0.25) is 0 Å². The minimum absolute atomic E-state index is 0.0387. The summed E-state index contributed by atoms with van der Waals surface area (Å²) in [5.74, 6) is 0. The maximum absolute atomic E-state index is 2.56. The zero-order chi connectivity index (χ0) is 24.3. The van der Waals surface area contributed by atoms with Gasteiger partial charge in [0.05, 0.1) is 0 Å². The predicted molar refractivity (Wildman–Crippen MR) is 151 cm³/mol. The molecule has 0 heterocycles. The van der Waals surface area contributed by atoms with Crippen molar-refractivity contribution in [1.82, 2.24) is 0 Å². The molecule has 0 unspecified atom stereocenters. The van der Waals surface area contributed by atoms with Crippen molar-refractivity contribution in [1.29, 1.82) is 0 Å². The van der Waals surface area contributed by atoms with E-state index in [1.807, 2.05) is 0 Å². The molecule has 0 saturated carbocycles. The van der Waals surface area contributed by atoms with Gasteiger partial charge in [-0.15, -0.1) is 0 Å². The Morgan fingerprint density at radius 3 is 1.75 bits per heavy atom. The van der Waals surface area contributed by atoms with Gasteiger partial charge in [0.15, 0.2) is 0 Å². The van der Waals surface area contributed by atoms with Gasteiger partial charge in [0.1, 0.15) is 0 Å². The molecule has 0 N–H and O–H groups in total. The molecule has 3 aliphatic carbocycles. The molecular weight excluding hydrogens is 432 g/mol. The molecule has 3 aliphatic rings. The van der Waals surface area contributed by atoms with Crippen molar-refractivity contribution in [3.05, 3.63) is 128 Å². The van der Waals surface area contributed by atoms with Crippen LogP contribution in [0.15, 0.2) is 72.8 Å². The molecule has 0 heteroatoms. The molecule has 0 atom stereocenters. The van der Waals surface area contributed by atoms with Crippen LogP contribution in [-0.4, -0.2) is 0 Å². The monoisotopic (exact) mass is 468 g/mol. The molecule has 0 spiro atoms. The molecule has 4 aromatic rings. The van der Waals surface area contributed by atoms with Crippen molar-refractivity contribution in [2.75, 3.05) is 0 Å². The molecule has 0 saturated heterocycles. The summed E-state index contributed by atoms with van der Waals surface area (Å²) in [7, 11) is 0. The Balaban J connectivity index is 1.23. The first-order chi connectivity index (χ1) is 17.6. The fraction of sp³-hybridized carbons (Fsp3) is 0.333. The first kappa shape index (κ1) is 22.1. The number of hydrogen-bond acceptors (Lipinski definition) is 0. The first-order valence-corrected chi connectivity index (χ1v) is 14.1. The number of benzene rings is 4. The maximum Gasteiger partial charge on any atom is 0.0463 e. The van der Waals surface area contributed by atoms with Crippen LogP contribution in [0.5, 0.6) is 0 Å². The SMILES string of the molecule is Cc1ccc2c(c1)C(CCCCCc1ccc3c(c1)CC3)(c1ccc3c(c1)CC3)c1cc(C)ccc1-2. The smallest absolute Gasteiger partial charge is 0.0463 e. The van der Waals surface area contributed by atoms with Crippen LogP contribution in [-0.2, 0) is 37.5 Å². The lowest BCUT2D eigenvalue weighted by molar-refractivity contribution is 0.516. The van der Waals surface area contributed by atoms with Crippen molar-refractivity contribution < 1.29 is 0 Å². The van der Waals surface area contributed by atoms with Gasteiger partial charge in [-0.3, -0.25) is 0 Å². The Hall–Kier alpha value is -3.12. The molecule has 0 aromatic heterocycles.